The number of carbonyl (C=O) groups is 1. The standard InChI is InChI=1S/C22H21BrF2N4O5S/c1-2-33-21(30)12-28-18-4-3-5-19(14(18)11-26-28)29(35(31)32)20-9-7-15(23)22(27-20)34-13-6-8-16(24)17(25)10-13/h6-11,19H,2-5,12H2,1H3,(H,31,32)/p-1. The molecule has 9 nitrogen and oxygen atoms in total. The third-order valence-electron chi connectivity index (χ3n) is 5.39. The van der Waals surface area contributed by atoms with Crippen molar-refractivity contribution >= 4 is 39.0 Å². The molecule has 4 rings (SSSR count). The maximum atomic E-state index is 13.6. The van der Waals surface area contributed by atoms with Crippen LogP contribution in [0.1, 0.15) is 37.1 Å². The zero-order valence-electron chi connectivity index (χ0n) is 18.4. The average Bonchev–Trinajstić information content (AvgIpc) is 3.22. The topological polar surface area (TPSA) is 110 Å². The van der Waals surface area contributed by atoms with E-state index in [0.29, 0.717) is 29.3 Å². The summed E-state index contributed by atoms with van der Waals surface area (Å²) in [6.07, 6.45) is 3.34. The average molecular weight is 570 g/mol. The van der Waals surface area contributed by atoms with E-state index >= 15 is 0 Å². The molecule has 3 aromatic rings. The number of ether oxygens (including phenoxy) is 2. The van der Waals surface area contributed by atoms with Crippen molar-refractivity contribution in [3.05, 3.63) is 63.9 Å². The lowest BCUT2D eigenvalue weighted by atomic mass is 9.93. The first-order chi connectivity index (χ1) is 16.8. The summed E-state index contributed by atoms with van der Waals surface area (Å²) in [7, 11) is 0. The van der Waals surface area contributed by atoms with Gasteiger partial charge in [-0.15, -0.1) is 0 Å². The van der Waals surface area contributed by atoms with Crippen molar-refractivity contribution in [2.45, 2.75) is 38.8 Å². The van der Waals surface area contributed by atoms with E-state index in [1.54, 1.807) is 19.2 Å². The molecule has 13 heteroatoms. The van der Waals surface area contributed by atoms with Gasteiger partial charge in [0, 0.05) is 28.6 Å². The van der Waals surface area contributed by atoms with Crippen LogP contribution in [0.5, 0.6) is 11.6 Å². The van der Waals surface area contributed by atoms with Gasteiger partial charge in [0.2, 0.25) is 5.88 Å². The molecule has 2 aromatic heterocycles. The summed E-state index contributed by atoms with van der Waals surface area (Å²) < 4.78 is 65.1. The highest BCUT2D eigenvalue weighted by Gasteiger charge is 2.31. The first-order valence-electron chi connectivity index (χ1n) is 10.7. The Morgan fingerprint density at radius 2 is 2.11 bits per heavy atom. The molecule has 186 valence electrons. The summed E-state index contributed by atoms with van der Waals surface area (Å²) in [5.41, 5.74) is 1.41. The maximum Gasteiger partial charge on any atom is 0.327 e. The fourth-order valence-electron chi connectivity index (χ4n) is 3.90. The van der Waals surface area contributed by atoms with Crippen LogP contribution in [0.15, 0.2) is 41.0 Å². The zero-order valence-corrected chi connectivity index (χ0v) is 20.9. The van der Waals surface area contributed by atoms with Crippen LogP contribution in [0.2, 0.25) is 0 Å². The third kappa shape index (κ3) is 5.52. The Hall–Kier alpha value is -2.90. The molecular formula is C22H20BrF2N4O5S-. The van der Waals surface area contributed by atoms with E-state index < -0.39 is 34.9 Å². The molecule has 1 aromatic carbocycles. The fourth-order valence-corrected chi connectivity index (χ4v) is 4.89. The molecule has 2 atom stereocenters. The van der Waals surface area contributed by atoms with Crippen molar-refractivity contribution < 1.29 is 31.8 Å². The highest BCUT2D eigenvalue weighted by atomic mass is 79.9. The molecule has 0 spiro atoms. The van der Waals surface area contributed by atoms with Gasteiger partial charge in [-0.25, -0.2) is 8.78 Å². The zero-order chi connectivity index (χ0) is 25.1. The number of hydrogen-bond acceptors (Lipinski definition) is 7. The Morgan fingerprint density at radius 1 is 1.31 bits per heavy atom. The van der Waals surface area contributed by atoms with E-state index in [0.717, 1.165) is 22.1 Å². The number of nitrogens with zero attached hydrogens (tertiary/aromatic N) is 4. The van der Waals surface area contributed by atoms with Gasteiger partial charge in [-0.1, -0.05) is 0 Å². The lowest BCUT2D eigenvalue weighted by Gasteiger charge is -2.36. The summed E-state index contributed by atoms with van der Waals surface area (Å²) in [5.74, 6) is -2.52. The minimum Gasteiger partial charge on any atom is -0.755 e. The maximum absolute atomic E-state index is 13.6. The summed E-state index contributed by atoms with van der Waals surface area (Å²) in [6.45, 7) is 1.89. The smallest absolute Gasteiger partial charge is 0.327 e. The number of carbonyl (C=O) groups excluding carboxylic acids is 1. The Labute approximate surface area is 210 Å². The molecular weight excluding hydrogens is 550 g/mol. The van der Waals surface area contributed by atoms with E-state index in [4.69, 9.17) is 9.47 Å². The molecule has 35 heavy (non-hydrogen) atoms. The minimum atomic E-state index is -2.72. The number of aromatic nitrogens is 3. The Kier molecular flexibility index (Phi) is 7.77. The predicted octanol–water partition coefficient (Wildman–Crippen LogP) is 4.35. The fraction of sp³-hybridized carbons (Fsp3) is 0.318. The van der Waals surface area contributed by atoms with Crippen molar-refractivity contribution in [1.29, 1.82) is 0 Å². The van der Waals surface area contributed by atoms with E-state index in [9.17, 15) is 22.3 Å². The molecule has 1 aliphatic rings. The number of benzene rings is 1. The molecule has 0 amide bonds. The molecule has 0 aliphatic heterocycles. The number of esters is 1. The van der Waals surface area contributed by atoms with Crippen molar-refractivity contribution in [2.24, 2.45) is 0 Å². The van der Waals surface area contributed by atoms with Crippen LogP contribution >= 0.6 is 15.9 Å². The van der Waals surface area contributed by atoms with Crippen LogP contribution in [0, 0.1) is 11.6 Å². The SMILES string of the molecule is CCOC(=O)Cn1ncc2c1CCCC2N(c1ccc(Br)c(Oc2ccc(F)c(F)c2)n1)S(=O)[O-]. The van der Waals surface area contributed by atoms with Gasteiger partial charge in [0.15, 0.2) is 11.6 Å². The molecule has 0 saturated heterocycles. The number of halogens is 3. The Morgan fingerprint density at radius 3 is 2.83 bits per heavy atom. The van der Waals surface area contributed by atoms with E-state index in [1.807, 2.05) is 0 Å². The molecule has 0 saturated carbocycles. The van der Waals surface area contributed by atoms with Gasteiger partial charge < -0.3 is 14.0 Å². The second-order valence-electron chi connectivity index (χ2n) is 7.59. The number of anilines is 1. The molecule has 0 fully saturated rings. The summed E-state index contributed by atoms with van der Waals surface area (Å²) >= 11 is 0.563. The largest absolute Gasteiger partial charge is 0.755 e. The molecule has 2 heterocycles. The normalized spacial score (nSPS) is 15.9. The molecule has 0 radical (unpaired) electrons. The quantitative estimate of drug-likeness (QED) is 0.293. The van der Waals surface area contributed by atoms with E-state index in [2.05, 4.69) is 26.0 Å². The molecule has 0 bridgehead atoms. The van der Waals surface area contributed by atoms with Gasteiger partial charge in [0.1, 0.15) is 18.1 Å². The number of hydrogen-bond donors (Lipinski definition) is 0. The van der Waals surface area contributed by atoms with Crippen LogP contribution in [0.3, 0.4) is 0 Å². The summed E-state index contributed by atoms with van der Waals surface area (Å²) in [4.78, 5) is 16.3. The van der Waals surface area contributed by atoms with Crippen LogP contribution < -0.4 is 9.04 Å². The van der Waals surface area contributed by atoms with E-state index in [1.165, 1.54) is 16.8 Å². The second-order valence-corrected chi connectivity index (χ2v) is 9.28. The van der Waals surface area contributed by atoms with Crippen LogP contribution in [0.4, 0.5) is 14.6 Å². The van der Waals surface area contributed by atoms with Crippen molar-refractivity contribution in [1.82, 2.24) is 14.8 Å². The summed E-state index contributed by atoms with van der Waals surface area (Å²) in [5, 5.41) is 4.28. The third-order valence-corrected chi connectivity index (χ3v) is 6.76. The van der Waals surface area contributed by atoms with Gasteiger partial charge in [-0.2, -0.15) is 10.1 Å². The van der Waals surface area contributed by atoms with Gasteiger partial charge in [-0.05, 0) is 66.4 Å². The minimum absolute atomic E-state index is 0.00996. The van der Waals surface area contributed by atoms with Gasteiger partial charge in [0.25, 0.3) is 0 Å². The first-order valence-corrected chi connectivity index (χ1v) is 12.5. The Balaban J connectivity index is 1.66. The number of fused-ring (bicyclic) bond motifs is 1. The van der Waals surface area contributed by atoms with Gasteiger partial charge in [-0.3, -0.25) is 18.0 Å². The molecule has 0 N–H and O–H groups in total. The number of rotatable bonds is 8. The highest BCUT2D eigenvalue weighted by Crippen LogP contribution is 2.39. The summed E-state index contributed by atoms with van der Waals surface area (Å²) in [6, 6.07) is 5.44. The monoisotopic (exact) mass is 569 g/mol. The first kappa shape index (κ1) is 25.2. The van der Waals surface area contributed by atoms with Crippen molar-refractivity contribution in [3.63, 3.8) is 0 Å². The lowest BCUT2D eigenvalue weighted by molar-refractivity contribution is -0.144. The lowest BCUT2D eigenvalue weighted by Crippen LogP contribution is -2.33. The van der Waals surface area contributed by atoms with Crippen LogP contribution in [-0.4, -0.2) is 36.1 Å². The molecule has 2 unspecified atom stereocenters. The predicted molar refractivity (Wildman–Crippen MR) is 124 cm³/mol. The van der Waals surface area contributed by atoms with Crippen molar-refractivity contribution in [2.75, 3.05) is 10.9 Å². The van der Waals surface area contributed by atoms with Gasteiger partial charge in [0.05, 0.1) is 23.3 Å². The van der Waals surface area contributed by atoms with Crippen LogP contribution in [0.25, 0.3) is 0 Å². The van der Waals surface area contributed by atoms with E-state index in [-0.39, 0.29) is 30.6 Å². The molecule has 1 aliphatic carbocycles. The Bertz CT molecular complexity index is 1270. The van der Waals surface area contributed by atoms with Crippen LogP contribution in [-0.2, 0) is 33.8 Å². The number of pyridine rings is 1. The highest BCUT2D eigenvalue weighted by molar-refractivity contribution is 9.10. The second kappa shape index (κ2) is 10.8. The van der Waals surface area contributed by atoms with Gasteiger partial charge >= 0.3 is 5.97 Å². The van der Waals surface area contributed by atoms with Crippen molar-refractivity contribution in [3.8, 4) is 11.6 Å².